The van der Waals surface area contributed by atoms with Gasteiger partial charge in [-0.15, -0.1) is 0 Å². The zero-order valence-corrected chi connectivity index (χ0v) is 24.2. The first-order chi connectivity index (χ1) is 21.2. The van der Waals surface area contributed by atoms with Crippen LogP contribution in [0.25, 0.3) is 0 Å². The van der Waals surface area contributed by atoms with Gasteiger partial charge in [0.05, 0.1) is 18.4 Å². The average molecular weight is 602 g/mol. The number of ether oxygens (including phenoxy) is 3. The molecule has 0 bridgehead atoms. The van der Waals surface area contributed by atoms with E-state index in [-0.39, 0.29) is 40.3 Å². The van der Waals surface area contributed by atoms with Gasteiger partial charge in [-0.1, -0.05) is 6.07 Å². The van der Waals surface area contributed by atoms with E-state index in [9.17, 15) is 23.6 Å². The van der Waals surface area contributed by atoms with Gasteiger partial charge in [0.2, 0.25) is 0 Å². The molecule has 3 aromatic rings. The lowest BCUT2D eigenvalue weighted by atomic mass is 9.89. The number of anilines is 2. The summed E-state index contributed by atoms with van der Waals surface area (Å²) in [6.45, 7) is 2.39. The minimum Gasteiger partial charge on any atom is -0.497 e. The molecule has 0 radical (unpaired) electrons. The Labute approximate surface area is 253 Å². The molecule has 10 nitrogen and oxygen atoms in total. The summed E-state index contributed by atoms with van der Waals surface area (Å²) < 4.78 is 29.3. The van der Waals surface area contributed by atoms with Crippen molar-refractivity contribution >= 4 is 35.0 Å². The Morgan fingerprint density at radius 2 is 1.66 bits per heavy atom. The number of hydrogen-bond donors (Lipinski definition) is 1. The molecule has 2 aliphatic rings. The van der Waals surface area contributed by atoms with Gasteiger partial charge in [0.25, 0.3) is 5.91 Å². The first-order valence-electron chi connectivity index (χ1n) is 14.3. The van der Waals surface area contributed by atoms with Crippen LogP contribution in [-0.2, 0) is 9.59 Å². The third-order valence-electron chi connectivity index (χ3n) is 7.69. The zero-order valence-electron chi connectivity index (χ0n) is 24.2. The molecule has 2 N–H and O–H groups in total. The highest BCUT2D eigenvalue weighted by molar-refractivity contribution is 6.10. The lowest BCUT2D eigenvalue weighted by Crippen LogP contribution is -2.39. The standard InChI is InChI=1S/C33H32FN3O7/c1-42-25-5-2-4-24(20-25)37(33(41)26-10-11-27(35)32-31(26)43-28(38)12-13-29(39)44-32)17-3-16-36-18-14-22(15-19-36)30(40)21-6-8-23(34)9-7-21/h2,4-13,20,22H,3,14-19,35H2,1H3/b13-12+. The minimum absolute atomic E-state index is 0.00594. The zero-order chi connectivity index (χ0) is 31.2. The largest absolute Gasteiger partial charge is 0.497 e. The second-order valence-electron chi connectivity index (χ2n) is 10.5. The van der Waals surface area contributed by atoms with Crippen molar-refractivity contribution in [2.75, 3.05) is 43.9 Å². The molecule has 0 aromatic heterocycles. The van der Waals surface area contributed by atoms with Gasteiger partial charge in [-0.3, -0.25) is 9.59 Å². The summed E-state index contributed by atoms with van der Waals surface area (Å²) in [5.74, 6) is -2.54. The molecule has 0 spiro atoms. The van der Waals surface area contributed by atoms with Gasteiger partial charge in [0.15, 0.2) is 17.3 Å². The average Bonchev–Trinajstić information content (AvgIpc) is 3.03. The van der Waals surface area contributed by atoms with Gasteiger partial charge in [-0.25, -0.2) is 14.0 Å². The van der Waals surface area contributed by atoms with Crippen molar-refractivity contribution < 1.29 is 37.8 Å². The number of nitrogens with zero attached hydrogens (tertiary/aromatic N) is 2. The predicted octanol–water partition coefficient (Wildman–Crippen LogP) is 4.43. The number of hydrogen-bond acceptors (Lipinski definition) is 9. The summed E-state index contributed by atoms with van der Waals surface area (Å²) in [4.78, 5) is 55.2. The van der Waals surface area contributed by atoms with Gasteiger partial charge in [0, 0.05) is 41.9 Å². The second-order valence-corrected chi connectivity index (χ2v) is 10.5. The van der Waals surface area contributed by atoms with E-state index in [4.69, 9.17) is 19.9 Å². The number of carbonyl (C=O) groups is 4. The molecule has 0 aliphatic carbocycles. The topological polar surface area (TPSA) is 128 Å². The summed E-state index contributed by atoms with van der Waals surface area (Å²) >= 11 is 0. The molecule has 0 unspecified atom stereocenters. The van der Waals surface area contributed by atoms with Crippen molar-refractivity contribution in [2.45, 2.75) is 19.3 Å². The normalized spacial score (nSPS) is 16.1. The lowest BCUT2D eigenvalue weighted by Gasteiger charge is -2.32. The maximum Gasteiger partial charge on any atom is 0.336 e. The van der Waals surface area contributed by atoms with Crippen LogP contribution in [0.3, 0.4) is 0 Å². The van der Waals surface area contributed by atoms with Crippen LogP contribution >= 0.6 is 0 Å². The molecule has 2 heterocycles. The van der Waals surface area contributed by atoms with E-state index in [0.29, 0.717) is 62.4 Å². The fourth-order valence-electron chi connectivity index (χ4n) is 5.35. The van der Waals surface area contributed by atoms with Crippen LogP contribution in [0.4, 0.5) is 15.8 Å². The molecular formula is C33H32FN3O7. The number of fused-ring (bicyclic) bond motifs is 1. The van der Waals surface area contributed by atoms with Crippen molar-refractivity contribution in [1.82, 2.24) is 4.90 Å². The number of likely N-dealkylation sites (tertiary alicyclic amines) is 1. The molecule has 1 fully saturated rings. The molecule has 11 heteroatoms. The maximum absolute atomic E-state index is 14.1. The highest BCUT2D eigenvalue weighted by atomic mass is 19.1. The van der Waals surface area contributed by atoms with E-state index in [0.717, 1.165) is 12.2 Å². The number of piperidine rings is 1. The number of nitrogen functional groups attached to an aromatic ring is 1. The van der Waals surface area contributed by atoms with E-state index in [1.165, 1.54) is 43.5 Å². The number of carbonyl (C=O) groups excluding carboxylic acids is 4. The van der Waals surface area contributed by atoms with Gasteiger partial charge in [-0.05, 0) is 87.4 Å². The number of amides is 1. The van der Waals surface area contributed by atoms with Crippen LogP contribution in [0, 0.1) is 11.7 Å². The van der Waals surface area contributed by atoms with Crippen LogP contribution < -0.4 is 24.8 Å². The van der Waals surface area contributed by atoms with Gasteiger partial charge < -0.3 is 29.7 Å². The van der Waals surface area contributed by atoms with Gasteiger partial charge in [0.1, 0.15) is 11.6 Å². The molecule has 1 amide bonds. The Morgan fingerprint density at radius 1 is 0.977 bits per heavy atom. The summed E-state index contributed by atoms with van der Waals surface area (Å²) in [5, 5.41) is 0. The number of halogens is 1. The predicted molar refractivity (Wildman–Crippen MR) is 160 cm³/mol. The van der Waals surface area contributed by atoms with Crippen molar-refractivity contribution in [2.24, 2.45) is 5.92 Å². The van der Waals surface area contributed by atoms with E-state index in [1.54, 1.807) is 29.2 Å². The summed E-state index contributed by atoms with van der Waals surface area (Å²) in [6.07, 6.45) is 3.80. The quantitative estimate of drug-likeness (QED) is 0.164. The van der Waals surface area contributed by atoms with E-state index in [2.05, 4.69) is 4.90 Å². The van der Waals surface area contributed by atoms with Crippen LogP contribution in [0.5, 0.6) is 17.2 Å². The Kier molecular flexibility index (Phi) is 9.35. The van der Waals surface area contributed by atoms with Crippen molar-refractivity contribution in [1.29, 1.82) is 0 Å². The smallest absolute Gasteiger partial charge is 0.336 e. The summed E-state index contributed by atoms with van der Waals surface area (Å²) in [7, 11) is 1.53. The van der Waals surface area contributed by atoms with Crippen LogP contribution in [0.15, 0.2) is 72.8 Å². The molecule has 3 aromatic carbocycles. The van der Waals surface area contributed by atoms with Crippen LogP contribution in [0.1, 0.15) is 40.0 Å². The first kappa shape index (κ1) is 30.4. The number of Topliss-reactive ketones (excluding diaryl/α,β-unsaturated/α-hetero) is 1. The molecule has 228 valence electrons. The third-order valence-corrected chi connectivity index (χ3v) is 7.69. The fraction of sp³-hybridized carbons (Fsp3) is 0.273. The number of ketones is 1. The maximum atomic E-state index is 14.1. The highest BCUT2D eigenvalue weighted by Crippen LogP contribution is 2.39. The first-order valence-corrected chi connectivity index (χ1v) is 14.3. The van der Waals surface area contributed by atoms with Crippen molar-refractivity contribution in [3.05, 3.63) is 89.8 Å². The molecule has 0 atom stereocenters. The molecule has 1 saturated heterocycles. The Morgan fingerprint density at radius 3 is 2.34 bits per heavy atom. The van der Waals surface area contributed by atoms with Gasteiger partial charge >= 0.3 is 11.9 Å². The Bertz CT molecular complexity index is 1600. The number of esters is 2. The van der Waals surface area contributed by atoms with E-state index in [1.807, 2.05) is 0 Å². The van der Waals surface area contributed by atoms with Crippen molar-refractivity contribution in [3.63, 3.8) is 0 Å². The van der Waals surface area contributed by atoms with Crippen LogP contribution in [0.2, 0.25) is 0 Å². The second kappa shape index (κ2) is 13.5. The van der Waals surface area contributed by atoms with Crippen LogP contribution in [-0.4, -0.2) is 61.8 Å². The minimum atomic E-state index is -0.850. The number of rotatable bonds is 9. The fourth-order valence-corrected chi connectivity index (χ4v) is 5.35. The number of benzene rings is 3. The SMILES string of the molecule is COc1cccc(N(CCCN2CCC(C(=O)c3ccc(F)cc3)CC2)C(=O)c2ccc(N)c3c2OC(=O)/C=C/C(=O)O3)c1. The molecule has 0 saturated carbocycles. The molecule has 44 heavy (non-hydrogen) atoms. The molecule has 5 rings (SSSR count). The lowest BCUT2D eigenvalue weighted by molar-refractivity contribution is -0.133. The summed E-state index contributed by atoms with van der Waals surface area (Å²) in [6, 6.07) is 15.5. The monoisotopic (exact) mass is 601 g/mol. The number of nitrogens with two attached hydrogens (primary N) is 1. The molecular weight excluding hydrogens is 569 g/mol. The van der Waals surface area contributed by atoms with E-state index < -0.39 is 17.8 Å². The van der Waals surface area contributed by atoms with Crippen molar-refractivity contribution in [3.8, 4) is 17.2 Å². The third kappa shape index (κ3) is 6.95. The number of methoxy groups -OCH3 is 1. The Hall–Kier alpha value is -5.03. The molecule has 2 aliphatic heterocycles. The van der Waals surface area contributed by atoms with Gasteiger partial charge in [-0.2, -0.15) is 0 Å². The highest BCUT2D eigenvalue weighted by Gasteiger charge is 2.30. The summed E-state index contributed by atoms with van der Waals surface area (Å²) in [5.41, 5.74) is 7.11. The van der Waals surface area contributed by atoms with E-state index >= 15 is 0 Å². The Balaban J connectivity index is 1.31.